The maximum atomic E-state index is 13.0. The van der Waals surface area contributed by atoms with E-state index in [2.05, 4.69) is 26.2 Å². The molecule has 240 valence electrons. The number of nitrogens with two attached hydrogens (primary N) is 1. The normalized spacial score (nSPS) is 20.5. The van der Waals surface area contributed by atoms with E-state index in [1.54, 1.807) is 0 Å². The van der Waals surface area contributed by atoms with E-state index in [4.69, 9.17) is 27.2 Å². The first-order valence-corrected chi connectivity index (χ1v) is 14.1. The van der Waals surface area contributed by atoms with Crippen molar-refractivity contribution in [2.75, 3.05) is 31.2 Å². The first-order chi connectivity index (χ1) is 21.1. The third-order valence-electron chi connectivity index (χ3n) is 5.90. The van der Waals surface area contributed by atoms with Crippen LogP contribution in [0.25, 0.3) is 0 Å². The molecule has 2 fully saturated rings. The Morgan fingerprint density at radius 1 is 1.27 bits per heavy atom. The SMILES string of the molecule is C#CCN1CCC(=CC2=C(C(=O)O)N3C(=O)[C@@H](NC(=O)C(=NOCC(=O)O)c4csc(N)n4)[C@H]3SC2)C1=O.O=C(O)C(F)(F)F. The zero-order chi connectivity index (χ0) is 33.6. The Bertz CT molecular complexity index is 1560. The topological polar surface area (TPSA) is 242 Å². The maximum Gasteiger partial charge on any atom is 0.490 e. The van der Waals surface area contributed by atoms with Crippen molar-refractivity contribution in [3.05, 3.63) is 34.0 Å². The molecule has 0 aromatic carbocycles. The summed E-state index contributed by atoms with van der Waals surface area (Å²) in [6, 6.07) is -1.10. The second kappa shape index (κ2) is 14.1. The lowest BCUT2D eigenvalue weighted by Crippen LogP contribution is -2.71. The van der Waals surface area contributed by atoms with Crippen LogP contribution >= 0.6 is 23.1 Å². The van der Waals surface area contributed by atoms with Gasteiger partial charge in [-0.2, -0.15) is 13.2 Å². The number of terminal acetylenes is 1. The molecule has 0 aliphatic carbocycles. The van der Waals surface area contributed by atoms with Gasteiger partial charge in [-0.1, -0.05) is 11.1 Å². The van der Waals surface area contributed by atoms with Crippen molar-refractivity contribution in [3.8, 4) is 12.3 Å². The van der Waals surface area contributed by atoms with Gasteiger partial charge in [0.1, 0.15) is 22.8 Å². The Morgan fingerprint density at radius 3 is 2.47 bits per heavy atom. The lowest BCUT2D eigenvalue weighted by molar-refractivity contribution is -0.192. The number of carbonyl (C=O) groups is 6. The van der Waals surface area contributed by atoms with Crippen LogP contribution in [0.4, 0.5) is 18.3 Å². The number of aliphatic carboxylic acids is 3. The average Bonchev–Trinajstić information content (AvgIpc) is 3.54. The third kappa shape index (κ3) is 8.09. The number of nitrogens with zero attached hydrogens (tertiary/aromatic N) is 4. The lowest BCUT2D eigenvalue weighted by Gasteiger charge is -2.49. The van der Waals surface area contributed by atoms with Crippen LogP contribution in [0.5, 0.6) is 0 Å². The van der Waals surface area contributed by atoms with Gasteiger partial charge in [-0.25, -0.2) is 19.4 Å². The number of allylic oxidation sites excluding steroid dienone is 1. The Labute approximate surface area is 258 Å². The maximum absolute atomic E-state index is 13.0. The van der Waals surface area contributed by atoms with Crippen molar-refractivity contribution in [3.63, 3.8) is 0 Å². The van der Waals surface area contributed by atoms with E-state index in [0.29, 0.717) is 24.1 Å². The molecule has 45 heavy (non-hydrogen) atoms. The van der Waals surface area contributed by atoms with Gasteiger partial charge in [-0.05, 0) is 18.1 Å². The molecule has 0 spiro atoms. The van der Waals surface area contributed by atoms with E-state index in [1.807, 2.05) is 0 Å². The number of oxime groups is 1. The molecular formula is C24H21F3N6O10S2. The summed E-state index contributed by atoms with van der Waals surface area (Å²) in [6.07, 6.45) is 2.08. The smallest absolute Gasteiger partial charge is 0.479 e. The minimum absolute atomic E-state index is 0.00968. The predicted octanol–water partition coefficient (Wildman–Crippen LogP) is -0.306. The van der Waals surface area contributed by atoms with Gasteiger partial charge >= 0.3 is 24.1 Å². The number of carbonyl (C=O) groups excluding carboxylic acids is 3. The Hall–Kier alpha value is -5.10. The van der Waals surface area contributed by atoms with Crippen LogP contribution in [0.15, 0.2) is 33.5 Å². The number of fused-ring (bicyclic) bond motifs is 1. The van der Waals surface area contributed by atoms with Crippen molar-refractivity contribution in [2.24, 2.45) is 5.16 Å². The molecule has 3 aliphatic rings. The molecule has 4 heterocycles. The van der Waals surface area contributed by atoms with Crippen LogP contribution in [0.2, 0.25) is 0 Å². The molecule has 21 heteroatoms. The molecule has 16 nitrogen and oxygen atoms in total. The van der Waals surface area contributed by atoms with Gasteiger partial charge < -0.3 is 36.1 Å². The fourth-order valence-electron chi connectivity index (χ4n) is 3.99. The summed E-state index contributed by atoms with van der Waals surface area (Å²) in [5.41, 5.74) is 5.64. The molecular weight excluding hydrogens is 653 g/mol. The molecule has 0 saturated carbocycles. The zero-order valence-electron chi connectivity index (χ0n) is 22.4. The van der Waals surface area contributed by atoms with E-state index in [0.717, 1.165) is 16.2 Å². The third-order valence-corrected chi connectivity index (χ3v) is 7.87. The monoisotopic (exact) mass is 674 g/mol. The minimum atomic E-state index is -5.08. The molecule has 4 rings (SSSR count). The number of nitrogens with one attached hydrogen (secondary N) is 1. The molecule has 0 bridgehead atoms. The number of thioether (sulfide) groups is 1. The van der Waals surface area contributed by atoms with Gasteiger partial charge in [0.05, 0.1) is 6.54 Å². The number of carboxylic acids is 3. The molecule has 2 saturated heterocycles. The number of alkyl halides is 3. The summed E-state index contributed by atoms with van der Waals surface area (Å²) in [6.45, 7) is -0.259. The standard InChI is InChI=1S/C22H20N6O8S2.C2HF3O2/c1-2-4-27-5-3-10(18(27)32)6-11-8-37-20-15(19(33)28(20)16(11)21(34)35)25-17(31)14(26-36-7-13(29)30)12-9-38-22(23)24-12;3-2(4,5)1(6)7/h1,6,9,15,20H,3-5,7-8H2,(H2,23,24)(H,25,31)(H,29,30)(H,34,35);(H,6,7)/t15-,20-;/m1./s1. The van der Waals surface area contributed by atoms with E-state index in [9.17, 15) is 42.3 Å². The molecule has 0 radical (unpaired) electrons. The number of hydrogen-bond donors (Lipinski definition) is 5. The zero-order valence-corrected chi connectivity index (χ0v) is 24.1. The number of likely N-dealkylation sites (tertiary alicyclic amines) is 1. The van der Waals surface area contributed by atoms with Crippen molar-refractivity contribution in [2.45, 2.75) is 24.0 Å². The lowest BCUT2D eigenvalue weighted by atomic mass is 10.0. The number of rotatable bonds is 9. The summed E-state index contributed by atoms with van der Waals surface area (Å²) in [5, 5.41) is 32.6. The summed E-state index contributed by atoms with van der Waals surface area (Å²) < 4.78 is 31.7. The highest BCUT2D eigenvalue weighted by atomic mass is 32.2. The summed E-state index contributed by atoms with van der Waals surface area (Å²) in [7, 11) is 0. The van der Waals surface area contributed by atoms with Gasteiger partial charge in [0.25, 0.3) is 17.7 Å². The molecule has 2 atom stereocenters. The molecule has 1 aromatic heterocycles. The first kappa shape index (κ1) is 34.4. The Balaban J connectivity index is 0.000000707. The summed E-state index contributed by atoms with van der Waals surface area (Å²) >= 11 is 2.22. The number of anilines is 1. The van der Waals surface area contributed by atoms with Crippen molar-refractivity contribution >= 4 is 69.6 Å². The molecule has 3 aliphatic heterocycles. The largest absolute Gasteiger partial charge is 0.490 e. The summed E-state index contributed by atoms with van der Waals surface area (Å²) in [5.74, 6) is -4.72. The number of hydrogen-bond acceptors (Lipinski definition) is 12. The Morgan fingerprint density at radius 2 is 1.93 bits per heavy atom. The van der Waals surface area contributed by atoms with Gasteiger partial charge in [0.2, 0.25) is 6.61 Å². The van der Waals surface area contributed by atoms with Gasteiger partial charge in [0.15, 0.2) is 10.8 Å². The molecule has 3 amide bonds. The molecule has 0 unspecified atom stereocenters. The number of carboxylic acid groups (broad SMARTS) is 3. The highest BCUT2D eigenvalue weighted by Gasteiger charge is 2.54. The van der Waals surface area contributed by atoms with Gasteiger partial charge in [-0.3, -0.25) is 19.3 Å². The first-order valence-electron chi connectivity index (χ1n) is 12.1. The number of aromatic nitrogens is 1. The Kier molecular flexibility index (Phi) is 10.8. The van der Waals surface area contributed by atoms with Crippen LogP contribution in [0.1, 0.15) is 12.1 Å². The second-order valence-corrected chi connectivity index (χ2v) is 10.9. The van der Waals surface area contributed by atoms with E-state index >= 15 is 0 Å². The average molecular weight is 675 g/mol. The second-order valence-electron chi connectivity index (χ2n) is 8.87. The van der Waals surface area contributed by atoms with Crippen LogP contribution in [-0.2, 0) is 33.6 Å². The van der Waals surface area contributed by atoms with Crippen LogP contribution < -0.4 is 11.1 Å². The van der Waals surface area contributed by atoms with E-state index in [-0.39, 0.29) is 34.7 Å². The van der Waals surface area contributed by atoms with Gasteiger partial charge in [0, 0.05) is 23.3 Å². The number of amides is 3. The number of nitrogen functional groups attached to an aromatic ring is 1. The number of halogens is 3. The van der Waals surface area contributed by atoms with Crippen molar-refractivity contribution < 1.29 is 62.1 Å². The van der Waals surface area contributed by atoms with Crippen LogP contribution in [-0.4, -0.2) is 114 Å². The number of thiazole rings is 1. The highest BCUT2D eigenvalue weighted by molar-refractivity contribution is 8.00. The quantitative estimate of drug-likeness (QED) is 0.0744. The van der Waals surface area contributed by atoms with Crippen LogP contribution in [0.3, 0.4) is 0 Å². The molecule has 6 N–H and O–H groups in total. The van der Waals surface area contributed by atoms with Crippen molar-refractivity contribution in [1.29, 1.82) is 0 Å². The van der Waals surface area contributed by atoms with E-state index in [1.165, 1.54) is 28.1 Å². The number of β-lactam (4-membered cyclic amide) rings is 1. The predicted molar refractivity (Wildman–Crippen MR) is 148 cm³/mol. The van der Waals surface area contributed by atoms with Crippen LogP contribution in [0, 0.1) is 12.3 Å². The van der Waals surface area contributed by atoms with Gasteiger partial charge in [-0.15, -0.1) is 29.5 Å². The minimum Gasteiger partial charge on any atom is -0.479 e. The van der Waals surface area contributed by atoms with E-state index < -0.39 is 59.6 Å². The fourth-order valence-corrected chi connectivity index (χ4v) is 5.84. The fraction of sp³-hybridized carbons (Fsp3) is 0.333. The highest BCUT2D eigenvalue weighted by Crippen LogP contribution is 2.41. The molecule has 1 aromatic rings. The summed E-state index contributed by atoms with van der Waals surface area (Å²) in [4.78, 5) is 81.4. The van der Waals surface area contributed by atoms with Crippen molar-refractivity contribution in [1.82, 2.24) is 20.1 Å².